The van der Waals surface area contributed by atoms with Crippen molar-refractivity contribution in [3.8, 4) is 17.2 Å². The highest BCUT2D eigenvalue weighted by atomic mass is 79.9. The average molecular weight is 451 g/mol. The molecule has 2 aromatic carbocycles. The van der Waals surface area contributed by atoms with Gasteiger partial charge in [-0.2, -0.15) is 5.10 Å². The van der Waals surface area contributed by atoms with Crippen LogP contribution in [0.2, 0.25) is 0 Å². The molecular formula is C19H19BrN2O6. The Morgan fingerprint density at radius 1 is 1.21 bits per heavy atom. The normalized spacial score (nSPS) is 10.5. The topological polar surface area (TPSA) is 106 Å². The summed E-state index contributed by atoms with van der Waals surface area (Å²) in [7, 11) is 1.43. The second kappa shape index (κ2) is 10.3. The zero-order valence-electron chi connectivity index (χ0n) is 15.3. The zero-order chi connectivity index (χ0) is 20.5. The minimum absolute atomic E-state index is 0.264. The molecule has 0 fully saturated rings. The van der Waals surface area contributed by atoms with Gasteiger partial charge in [-0.15, -0.1) is 0 Å². The third kappa shape index (κ3) is 5.98. The Bertz CT molecular complexity index is 867. The standard InChI is InChI=1S/C19H19BrN2O6/c1-3-27-14-6-4-13(5-7-14)19(25)22-21-10-12-8-15(20)18(16(9-12)26-2)28-11-17(23)24/h4-10H,3,11H2,1-2H3,(H,22,25)(H,23,24)/b21-10-. The first-order valence-electron chi connectivity index (χ1n) is 8.23. The summed E-state index contributed by atoms with van der Waals surface area (Å²) in [5, 5.41) is 12.7. The molecular weight excluding hydrogens is 432 g/mol. The van der Waals surface area contributed by atoms with Crippen LogP contribution in [0, 0.1) is 0 Å². The van der Waals surface area contributed by atoms with Crippen LogP contribution >= 0.6 is 15.9 Å². The Morgan fingerprint density at radius 3 is 2.54 bits per heavy atom. The van der Waals surface area contributed by atoms with Gasteiger partial charge in [-0.3, -0.25) is 4.79 Å². The molecule has 148 valence electrons. The number of carbonyl (C=O) groups excluding carboxylic acids is 1. The molecule has 0 radical (unpaired) electrons. The minimum atomic E-state index is -1.10. The van der Waals surface area contributed by atoms with Gasteiger partial charge in [0.15, 0.2) is 18.1 Å². The summed E-state index contributed by atoms with van der Waals surface area (Å²) in [6.07, 6.45) is 1.43. The first kappa shape index (κ1) is 21.2. The second-order valence-electron chi connectivity index (χ2n) is 5.37. The number of benzene rings is 2. The predicted molar refractivity (Wildman–Crippen MR) is 106 cm³/mol. The highest BCUT2D eigenvalue weighted by molar-refractivity contribution is 9.10. The molecule has 0 aliphatic rings. The van der Waals surface area contributed by atoms with Crippen LogP contribution in [0.4, 0.5) is 0 Å². The van der Waals surface area contributed by atoms with Crippen LogP contribution < -0.4 is 19.6 Å². The largest absolute Gasteiger partial charge is 0.494 e. The lowest BCUT2D eigenvalue weighted by atomic mass is 10.2. The van der Waals surface area contributed by atoms with Gasteiger partial charge in [0.25, 0.3) is 5.91 Å². The number of carboxylic acid groups (broad SMARTS) is 1. The molecule has 0 heterocycles. The van der Waals surface area contributed by atoms with Gasteiger partial charge < -0.3 is 19.3 Å². The first-order chi connectivity index (χ1) is 13.4. The molecule has 0 aliphatic heterocycles. The number of amides is 1. The maximum absolute atomic E-state index is 12.1. The average Bonchev–Trinajstić information content (AvgIpc) is 2.67. The molecule has 2 aromatic rings. The van der Waals surface area contributed by atoms with Crippen LogP contribution in [0.5, 0.6) is 17.2 Å². The van der Waals surface area contributed by atoms with Crippen LogP contribution in [-0.2, 0) is 4.79 Å². The summed E-state index contributed by atoms with van der Waals surface area (Å²) in [4.78, 5) is 22.8. The number of carboxylic acids is 1. The van der Waals surface area contributed by atoms with Crippen LogP contribution in [-0.4, -0.2) is 43.5 Å². The molecule has 8 nitrogen and oxygen atoms in total. The van der Waals surface area contributed by atoms with Crippen molar-refractivity contribution in [2.75, 3.05) is 20.3 Å². The fourth-order valence-corrected chi connectivity index (χ4v) is 2.76. The van der Waals surface area contributed by atoms with E-state index in [0.29, 0.717) is 33.7 Å². The number of aliphatic carboxylic acids is 1. The number of hydrogen-bond acceptors (Lipinski definition) is 6. The molecule has 0 atom stereocenters. The van der Waals surface area contributed by atoms with Gasteiger partial charge in [0.2, 0.25) is 0 Å². The van der Waals surface area contributed by atoms with Gasteiger partial charge in [-0.1, -0.05) is 0 Å². The van der Waals surface area contributed by atoms with Crippen molar-refractivity contribution in [1.29, 1.82) is 0 Å². The number of methoxy groups -OCH3 is 1. The second-order valence-corrected chi connectivity index (χ2v) is 6.23. The molecule has 2 rings (SSSR count). The van der Waals surface area contributed by atoms with Gasteiger partial charge in [0, 0.05) is 5.56 Å². The van der Waals surface area contributed by atoms with Crippen LogP contribution in [0.15, 0.2) is 46.0 Å². The fraction of sp³-hybridized carbons (Fsp3) is 0.211. The van der Waals surface area contributed by atoms with Gasteiger partial charge in [0.05, 0.1) is 24.4 Å². The van der Waals surface area contributed by atoms with Gasteiger partial charge >= 0.3 is 5.97 Å². The molecule has 28 heavy (non-hydrogen) atoms. The monoisotopic (exact) mass is 450 g/mol. The van der Waals surface area contributed by atoms with E-state index in [4.69, 9.17) is 19.3 Å². The van der Waals surface area contributed by atoms with Crippen LogP contribution in [0.25, 0.3) is 0 Å². The maximum Gasteiger partial charge on any atom is 0.341 e. The van der Waals surface area contributed by atoms with Crippen molar-refractivity contribution in [2.45, 2.75) is 6.92 Å². The van der Waals surface area contributed by atoms with E-state index in [1.54, 1.807) is 36.4 Å². The Labute approximate surface area is 170 Å². The molecule has 0 bridgehead atoms. The molecule has 1 amide bonds. The predicted octanol–water partition coefficient (Wildman–Crippen LogP) is 3.08. The SMILES string of the molecule is CCOc1ccc(C(=O)N/N=C\c2cc(Br)c(OCC(=O)O)c(OC)c2)cc1. The minimum Gasteiger partial charge on any atom is -0.494 e. The number of rotatable bonds is 9. The van der Waals surface area contributed by atoms with Crippen molar-refractivity contribution >= 4 is 34.0 Å². The highest BCUT2D eigenvalue weighted by Crippen LogP contribution is 2.36. The zero-order valence-corrected chi connectivity index (χ0v) is 16.9. The number of nitrogens with zero attached hydrogens (tertiary/aromatic N) is 1. The lowest BCUT2D eigenvalue weighted by Crippen LogP contribution is -2.17. The first-order valence-corrected chi connectivity index (χ1v) is 9.02. The lowest BCUT2D eigenvalue weighted by Gasteiger charge is -2.12. The van der Waals surface area contributed by atoms with E-state index in [0.717, 1.165) is 0 Å². The summed E-state index contributed by atoms with van der Waals surface area (Å²) >= 11 is 3.31. The third-order valence-electron chi connectivity index (χ3n) is 3.40. The Balaban J connectivity index is 2.05. The lowest BCUT2D eigenvalue weighted by molar-refractivity contribution is -0.139. The summed E-state index contributed by atoms with van der Waals surface area (Å²) in [5.74, 6) is -0.191. The van der Waals surface area contributed by atoms with Crippen LogP contribution in [0.1, 0.15) is 22.8 Å². The van der Waals surface area contributed by atoms with E-state index in [-0.39, 0.29) is 11.7 Å². The molecule has 0 saturated carbocycles. The summed E-state index contributed by atoms with van der Waals surface area (Å²) in [5.41, 5.74) is 3.49. The smallest absolute Gasteiger partial charge is 0.341 e. The van der Waals surface area contributed by atoms with Gasteiger partial charge in [0.1, 0.15) is 5.75 Å². The molecule has 2 N–H and O–H groups in total. The fourth-order valence-electron chi connectivity index (χ4n) is 2.19. The molecule has 0 aliphatic carbocycles. The van der Waals surface area contributed by atoms with Gasteiger partial charge in [-0.25, -0.2) is 10.2 Å². The summed E-state index contributed by atoms with van der Waals surface area (Å²) in [6.45, 7) is 1.93. The molecule has 0 unspecified atom stereocenters. The number of carbonyl (C=O) groups is 2. The van der Waals surface area contributed by atoms with Crippen molar-refractivity contribution in [3.63, 3.8) is 0 Å². The Morgan fingerprint density at radius 2 is 1.93 bits per heavy atom. The van der Waals surface area contributed by atoms with E-state index in [1.165, 1.54) is 13.3 Å². The Kier molecular flexibility index (Phi) is 7.82. The van der Waals surface area contributed by atoms with Crippen LogP contribution in [0.3, 0.4) is 0 Å². The quantitative estimate of drug-likeness (QED) is 0.449. The van der Waals surface area contributed by atoms with Crippen molar-refractivity contribution in [1.82, 2.24) is 5.43 Å². The van der Waals surface area contributed by atoms with Gasteiger partial charge in [-0.05, 0) is 64.8 Å². The molecule has 0 spiro atoms. The maximum atomic E-state index is 12.1. The molecule has 9 heteroatoms. The summed E-state index contributed by atoms with van der Waals surface area (Å²) < 4.78 is 16.3. The molecule has 0 saturated heterocycles. The number of hydrogen-bond donors (Lipinski definition) is 2. The van der Waals surface area contributed by atoms with E-state index in [2.05, 4.69) is 26.5 Å². The van der Waals surface area contributed by atoms with E-state index in [9.17, 15) is 9.59 Å². The summed E-state index contributed by atoms with van der Waals surface area (Å²) in [6, 6.07) is 9.97. The van der Waals surface area contributed by atoms with Crippen molar-refractivity contribution in [2.24, 2.45) is 5.10 Å². The van der Waals surface area contributed by atoms with E-state index >= 15 is 0 Å². The van der Waals surface area contributed by atoms with Crippen molar-refractivity contribution < 1.29 is 28.9 Å². The number of hydrazone groups is 1. The van der Waals surface area contributed by atoms with E-state index in [1.807, 2.05) is 6.92 Å². The van der Waals surface area contributed by atoms with Crippen molar-refractivity contribution in [3.05, 3.63) is 52.0 Å². The number of nitrogens with one attached hydrogen (secondary N) is 1. The third-order valence-corrected chi connectivity index (χ3v) is 3.99. The Hall–Kier alpha value is -3.07. The number of ether oxygens (including phenoxy) is 3. The number of halogens is 1. The highest BCUT2D eigenvalue weighted by Gasteiger charge is 2.13. The molecule has 0 aromatic heterocycles. The van der Waals surface area contributed by atoms with E-state index < -0.39 is 12.6 Å².